The fourth-order valence-corrected chi connectivity index (χ4v) is 2.24. The SMILES string of the molecule is COC(=O)/C=C/CC(NC(=O)OCc1ccccc1)c1ccccc1. The minimum atomic E-state index is -0.510. The van der Waals surface area contributed by atoms with Crippen molar-refractivity contribution in [3.8, 4) is 0 Å². The van der Waals surface area contributed by atoms with E-state index < -0.39 is 12.1 Å². The summed E-state index contributed by atoms with van der Waals surface area (Å²) >= 11 is 0. The molecule has 1 N–H and O–H groups in total. The minimum absolute atomic E-state index is 0.201. The molecule has 2 aromatic carbocycles. The summed E-state index contributed by atoms with van der Waals surface area (Å²) in [6.07, 6.45) is 2.94. The van der Waals surface area contributed by atoms with Gasteiger partial charge in [-0.05, 0) is 17.5 Å². The van der Waals surface area contributed by atoms with Crippen molar-refractivity contribution in [2.24, 2.45) is 0 Å². The average Bonchev–Trinajstić information content (AvgIpc) is 2.67. The lowest BCUT2D eigenvalue weighted by molar-refractivity contribution is -0.134. The molecule has 0 radical (unpaired) electrons. The summed E-state index contributed by atoms with van der Waals surface area (Å²) in [5.41, 5.74) is 1.84. The van der Waals surface area contributed by atoms with Gasteiger partial charge in [-0.2, -0.15) is 0 Å². The molecule has 1 amide bonds. The van der Waals surface area contributed by atoms with Gasteiger partial charge in [-0.25, -0.2) is 9.59 Å². The van der Waals surface area contributed by atoms with Gasteiger partial charge in [0.2, 0.25) is 0 Å². The summed E-state index contributed by atoms with van der Waals surface area (Å²) in [4.78, 5) is 23.3. The highest BCUT2D eigenvalue weighted by atomic mass is 16.5. The van der Waals surface area contributed by atoms with Gasteiger partial charge < -0.3 is 14.8 Å². The van der Waals surface area contributed by atoms with Crippen molar-refractivity contribution in [2.45, 2.75) is 19.1 Å². The first-order chi connectivity index (χ1) is 12.2. The van der Waals surface area contributed by atoms with Crippen LogP contribution in [0.3, 0.4) is 0 Å². The number of amides is 1. The maximum absolute atomic E-state index is 12.1. The number of hydrogen-bond acceptors (Lipinski definition) is 4. The Morgan fingerprint density at radius 1 is 1.04 bits per heavy atom. The van der Waals surface area contributed by atoms with Gasteiger partial charge in [0.15, 0.2) is 0 Å². The molecule has 0 fully saturated rings. The monoisotopic (exact) mass is 339 g/mol. The number of alkyl carbamates (subject to hydrolysis) is 1. The van der Waals surface area contributed by atoms with E-state index in [1.165, 1.54) is 13.2 Å². The number of esters is 1. The second kappa shape index (κ2) is 9.93. The van der Waals surface area contributed by atoms with Crippen molar-refractivity contribution in [3.63, 3.8) is 0 Å². The first-order valence-electron chi connectivity index (χ1n) is 7.95. The van der Waals surface area contributed by atoms with Crippen molar-refractivity contribution < 1.29 is 19.1 Å². The third kappa shape index (κ3) is 6.51. The van der Waals surface area contributed by atoms with E-state index in [0.717, 1.165) is 11.1 Å². The molecule has 0 saturated heterocycles. The van der Waals surface area contributed by atoms with Crippen LogP contribution in [0, 0.1) is 0 Å². The Hall–Kier alpha value is -3.08. The molecular weight excluding hydrogens is 318 g/mol. The van der Waals surface area contributed by atoms with E-state index >= 15 is 0 Å². The number of benzene rings is 2. The number of methoxy groups -OCH3 is 1. The lowest BCUT2D eigenvalue weighted by atomic mass is 10.0. The van der Waals surface area contributed by atoms with Crippen molar-refractivity contribution >= 4 is 12.1 Å². The van der Waals surface area contributed by atoms with Crippen LogP contribution in [0.4, 0.5) is 4.79 Å². The van der Waals surface area contributed by atoms with Crippen LogP contribution in [-0.2, 0) is 20.9 Å². The molecule has 130 valence electrons. The Morgan fingerprint density at radius 3 is 2.32 bits per heavy atom. The van der Waals surface area contributed by atoms with Gasteiger partial charge in [0.25, 0.3) is 0 Å². The van der Waals surface area contributed by atoms with Crippen molar-refractivity contribution in [1.82, 2.24) is 5.32 Å². The number of hydrogen-bond donors (Lipinski definition) is 1. The zero-order valence-corrected chi connectivity index (χ0v) is 14.1. The minimum Gasteiger partial charge on any atom is -0.466 e. The van der Waals surface area contributed by atoms with Crippen LogP contribution in [0.5, 0.6) is 0 Å². The van der Waals surface area contributed by atoms with E-state index in [9.17, 15) is 9.59 Å². The molecule has 1 atom stereocenters. The van der Waals surface area contributed by atoms with E-state index in [4.69, 9.17) is 4.74 Å². The lowest BCUT2D eigenvalue weighted by Crippen LogP contribution is -2.28. The maximum Gasteiger partial charge on any atom is 0.407 e. The first kappa shape index (κ1) is 18.3. The Morgan fingerprint density at radius 2 is 1.68 bits per heavy atom. The fraction of sp³-hybridized carbons (Fsp3) is 0.200. The molecule has 2 aromatic rings. The van der Waals surface area contributed by atoms with Crippen LogP contribution in [0.25, 0.3) is 0 Å². The van der Waals surface area contributed by atoms with E-state index in [1.807, 2.05) is 60.7 Å². The summed E-state index contributed by atoms with van der Waals surface area (Å²) in [7, 11) is 1.32. The van der Waals surface area contributed by atoms with E-state index in [-0.39, 0.29) is 12.6 Å². The van der Waals surface area contributed by atoms with Crippen LogP contribution >= 0.6 is 0 Å². The van der Waals surface area contributed by atoms with Crippen molar-refractivity contribution in [3.05, 3.63) is 83.9 Å². The second-order valence-electron chi connectivity index (χ2n) is 5.33. The van der Waals surface area contributed by atoms with Gasteiger partial charge in [-0.15, -0.1) is 0 Å². The molecule has 0 saturated carbocycles. The first-order valence-corrected chi connectivity index (χ1v) is 7.95. The Balaban J connectivity index is 1.96. The van der Waals surface area contributed by atoms with E-state index in [1.54, 1.807) is 6.08 Å². The molecule has 0 aromatic heterocycles. The fourth-order valence-electron chi connectivity index (χ4n) is 2.24. The number of ether oxygens (including phenoxy) is 2. The van der Waals surface area contributed by atoms with Gasteiger partial charge in [-0.3, -0.25) is 0 Å². The number of carbonyl (C=O) groups excluding carboxylic acids is 2. The van der Waals surface area contributed by atoms with Gasteiger partial charge in [0, 0.05) is 6.08 Å². The van der Waals surface area contributed by atoms with Crippen LogP contribution in [0.2, 0.25) is 0 Å². The van der Waals surface area contributed by atoms with Crippen molar-refractivity contribution in [1.29, 1.82) is 0 Å². The maximum atomic E-state index is 12.1. The summed E-state index contributed by atoms with van der Waals surface area (Å²) in [6.45, 7) is 0.201. The standard InChI is InChI=1S/C20H21NO4/c1-24-19(22)14-8-13-18(17-11-6-3-7-12-17)21-20(23)25-15-16-9-4-2-5-10-16/h2-12,14,18H,13,15H2,1H3,(H,21,23)/b14-8+. The zero-order valence-electron chi connectivity index (χ0n) is 14.1. The van der Waals surface area contributed by atoms with Gasteiger partial charge in [0.05, 0.1) is 13.2 Å². The van der Waals surface area contributed by atoms with Gasteiger partial charge in [0.1, 0.15) is 6.61 Å². The van der Waals surface area contributed by atoms with Gasteiger partial charge in [-0.1, -0.05) is 66.7 Å². The molecule has 5 nitrogen and oxygen atoms in total. The zero-order chi connectivity index (χ0) is 17.9. The molecular formula is C20H21NO4. The summed E-state index contributed by atoms with van der Waals surface area (Å²) < 4.78 is 9.83. The molecule has 0 spiro atoms. The Kier molecular flexibility index (Phi) is 7.25. The topological polar surface area (TPSA) is 64.6 Å². The number of nitrogens with one attached hydrogen (secondary N) is 1. The van der Waals surface area contributed by atoms with Crippen LogP contribution in [-0.4, -0.2) is 19.2 Å². The molecule has 0 aliphatic carbocycles. The van der Waals surface area contributed by atoms with E-state index in [2.05, 4.69) is 10.1 Å². The highest BCUT2D eigenvalue weighted by Gasteiger charge is 2.14. The van der Waals surface area contributed by atoms with Gasteiger partial charge >= 0.3 is 12.1 Å². The predicted molar refractivity (Wildman–Crippen MR) is 94.7 cm³/mol. The molecule has 0 aliphatic heterocycles. The average molecular weight is 339 g/mol. The highest BCUT2D eigenvalue weighted by molar-refractivity contribution is 5.81. The molecule has 5 heteroatoms. The largest absolute Gasteiger partial charge is 0.466 e. The summed E-state index contributed by atoms with van der Waals surface area (Å²) in [5, 5.41) is 2.83. The highest BCUT2D eigenvalue weighted by Crippen LogP contribution is 2.17. The number of rotatable bonds is 7. The lowest BCUT2D eigenvalue weighted by Gasteiger charge is -2.17. The van der Waals surface area contributed by atoms with Crippen molar-refractivity contribution in [2.75, 3.05) is 7.11 Å². The smallest absolute Gasteiger partial charge is 0.407 e. The molecule has 0 bridgehead atoms. The third-order valence-electron chi connectivity index (χ3n) is 3.53. The second-order valence-corrected chi connectivity index (χ2v) is 5.33. The normalized spacial score (nSPS) is 11.7. The molecule has 1 unspecified atom stereocenters. The summed E-state index contributed by atoms with van der Waals surface area (Å²) in [6, 6.07) is 18.7. The predicted octanol–water partition coefficient (Wildman–Crippen LogP) is 3.77. The van der Waals surface area contributed by atoms with Crippen LogP contribution in [0.1, 0.15) is 23.6 Å². The molecule has 25 heavy (non-hydrogen) atoms. The summed E-state index contributed by atoms with van der Waals surface area (Å²) in [5.74, 6) is -0.432. The molecule has 0 heterocycles. The Labute approximate surface area is 147 Å². The molecule has 2 rings (SSSR count). The van der Waals surface area contributed by atoms with Crippen LogP contribution < -0.4 is 5.32 Å². The quantitative estimate of drug-likeness (QED) is 0.616. The van der Waals surface area contributed by atoms with E-state index in [0.29, 0.717) is 6.42 Å². The Bertz CT molecular complexity index is 698. The number of carbonyl (C=O) groups is 2. The van der Waals surface area contributed by atoms with Crippen LogP contribution in [0.15, 0.2) is 72.8 Å². The molecule has 0 aliphatic rings. The third-order valence-corrected chi connectivity index (χ3v) is 3.53.